The molecule has 0 aliphatic carbocycles. The highest BCUT2D eigenvalue weighted by atomic mass is 79.9. The molecule has 1 fully saturated rings. The predicted molar refractivity (Wildman–Crippen MR) is 80.2 cm³/mol. The lowest BCUT2D eigenvalue weighted by atomic mass is 10.1. The Labute approximate surface area is 126 Å². The molecule has 0 saturated carbocycles. The first-order valence-electron chi connectivity index (χ1n) is 6.25. The van der Waals surface area contributed by atoms with E-state index < -0.39 is 0 Å². The second-order valence-corrected chi connectivity index (χ2v) is 5.48. The Morgan fingerprint density at radius 3 is 2.79 bits per heavy atom. The first-order valence-corrected chi connectivity index (χ1v) is 7.42. The molecule has 0 amide bonds. The molecule has 104 valence electrons. The van der Waals surface area contributed by atoms with E-state index >= 15 is 0 Å². The van der Waals surface area contributed by atoms with Crippen LogP contribution in [0.25, 0.3) is 0 Å². The number of carbonyl (C=O) groups excluding carboxylic acids is 1. The standard InChI is InChI=1S/C13H16BrClN2O2/c1-2-19-13(18)10-7-9(8-11(14)12(10)15)17-5-3-16-4-6-17/h7-8,16H,2-6H2,1H3. The molecular formula is C13H16BrClN2O2. The molecule has 2 rings (SSSR count). The number of esters is 1. The molecular weight excluding hydrogens is 332 g/mol. The van der Waals surface area contributed by atoms with E-state index in [-0.39, 0.29) is 5.97 Å². The lowest BCUT2D eigenvalue weighted by Gasteiger charge is -2.30. The molecule has 0 spiro atoms. The molecule has 0 aromatic heterocycles. The molecule has 4 nitrogen and oxygen atoms in total. The first kappa shape index (κ1) is 14.6. The number of benzene rings is 1. The summed E-state index contributed by atoms with van der Waals surface area (Å²) in [5, 5.41) is 3.70. The van der Waals surface area contributed by atoms with Crippen molar-refractivity contribution >= 4 is 39.2 Å². The molecule has 0 bridgehead atoms. The highest BCUT2D eigenvalue weighted by Crippen LogP contribution is 2.32. The van der Waals surface area contributed by atoms with E-state index in [0.29, 0.717) is 21.7 Å². The van der Waals surface area contributed by atoms with Crippen molar-refractivity contribution in [3.8, 4) is 0 Å². The zero-order valence-corrected chi connectivity index (χ0v) is 13.1. The second kappa shape index (κ2) is 6.59. The van der Waals surface area contributed by atoms with Gasteiger partial charge in [-0.3, -0.25) is 0 Å². The Kier molecular flexibility index (Phi) is 5.07. The molecule has 19 heavy (non-hydrogen) atoms. The third kappa shape index (κ3) is 3.41. The lowest BCUT2D eigenvalue weighted by Crippen LogP contribution is -2.43. The number of piperazine rings is 1. The van der Waals surface area contributed by atoms with Gasteiger partial charge >= 0.3 is 5.97 Å². The average Bonchev–Trinajstić information content (AvgIpc) is 2.43. The summed E-state index contributed by atoms with van der Waals surface area (Å²) in [6, 6.07) is 3.74. The molecule has 0 unspecified atom stereocenters. The van der Waals surface area contributed by atoms with Crippen LogP contribution in [0.5, 0.6) is 0 Å². The number of carbonyl (C=O) groups is 1. The molecule has 0 atom stereocenters. The number of nitrogens with one attached hydrogen (secondary N) is 1. The van der Waals surface area contributed by atoms with Gasteiger partial charge in [-0.05, 0) is 35.0 Å². The Balaban J connectivity index is 2.32. The summed E-state index contributed by atoms with van der Waals surface area (Å²) < 4.78 is 5.75. The minimum atomic E-state index is -0.384. The molecule has 1 aliphatic rings. The SMILES string of the molecule is CCOC(=O)c1cc(N2CCNCC2)cc(Br)c1Cl. The fourth-order valence-corrected chi connectivity index (χ4v) is 2.67. The van der Waals surface area contributed by atoms with Gasteiger partial charge in [0.2, 0.25) is 0 Å². The number of hydrogen-bond acceptors (Lipinski definition) is 4. The van der Waals surface area contributed by atoms with Crippen LogP contribution in [0.1, 0.15) is 17.3 Å². The van der Waals surface area contributed by atoms with E-state index in [9.17, 15) is 4.79 Å². The van der Waals surface area contributed by atoms with Gasteiger partial charge in [-0.2, -0.15) is 0 Å². The summed E-state index contributed by atoms with van der Waals surface area (Å²) in [5.74, 6) is -0.384. The first-order chi connectivity index (χ1) is 9.13. The van der Waals surface area contributed by atoms with Crippen LogP contribution in [0.2, 0.25) is 5.02 Å². The van der Waals surface area contributed by atoms with Gasteiger partial charge < -0.3 is 15.0 Å². The normalized spacial score (nSPS) is 15.4. The third-order valence-corrected chi connectivity index (χ3v) is 4.25. The van der Waals surface area contributed by atoms with Gasteiger partial charge in [-0.25, -0.2) is 4.79 Å². The van der Waals surface area contributed by atoms with E-state index in [1.54, 1.807) is 13.0 Å². The Morgan fingerprint density at radius 2 is 2.16 bits per heavy atom. The summed E-state index contributed by atoms with van der Waals surface area (Å²) in [6.45, 7) is 5.82. The number of nitrogens with zero attached hydrogens (tertiary/aromatic N) is 1. The molecule has 1 saturated heterocycles. The minimum absolute atomic E-state index is 0.338. The van der Waals surface area contributed by atoms with Crippen LogP contribution in [0.15, 0.2) is 16.6 Å². The number of rotatable bonds is 3. The highest BCUT2D eigenvalue weighted by Gasteiger charge is 2.19. The van der Waals surface area contributed by atoms with Crippen LogP contribution in [-0.2, 0) is 4.74 Å². The van der Waals surface area contributed by atoms with Crippen LogP contribution >= 0.6 is 27.5 Å². The molecule has 0 radical (unpaired) electrons. The van der Waals surface area contributed by atoms with Crippen molar-refractivity contribution in [3.63, 3.8) is 0 Å². The largest absolute Gasteiger partial charge is 0.462 e. The minimum Gasteiger partial charge on any atom is -0.462 e. The Bertz CT molecular complexity index is 476. The Hall–Kier alpha value is -0.780. The lowest BCUT2D eigenvalue weighted by molar-refractivity contribution is 0.0526. The van der Waals surface area contributed by atoms with E-state index in [1.165, 1.54) is 0 Å². The van der Waals surface area contributed by atoms with Crippen LogP contribution in [0.4, 0.5) is 5.69 Å². The van der Waals surface area contributed by atoms with E-state index in [2.05, 4.69) is 26.1 Å². The maximum Gasteiger partial charge on any atom is 0.339 e. The fourth-order valence-electron chi connectivity index (χ4n) is 2.04. The number of hydrogen-bond donors (Lipinski definition) is 1. The summed E-state index contributed by atoms with van der Waals surface area (Å²) in [7, 11) is 0. The number of anilines is 1. The van der Waals surface area contributed by atoms with E-state index in [0.717, 1.165) is 31.9 Å². The molecule has 1 aromatic carbocycles. The quantitative estimate of drug-likeness (QED) is 0.854. The van der Waals surface area contributed by atoms with Crippen LogP contribution in [-0.4, -0.2) is 38.8 Å². The smallest absolute Gasteiger partial charge is 0.339 e. The molecule has 6 heteroatoms. The zero-order valence-electron chi connectivity index (χ0n) is 10.7. The predicted octanol–water partition coefficient (Wildman–Crippen LogP) is 2.69. The van der Waals surface area contributed by atoms with Crippen molar-refractivity contribution in [1.82, 2.24) is 5.32 Å². The third-order valence-electron chi connectivity index (χ3n) is 2.99. The van der Waals surface area contributed by atoms with Crippen molar-refractivity contribution < 1.29 is 9.53 Å². The van der Waals surface area contributed by atoms with E-state index in [1.807, 2.05) is 6.07 Å². The van der Waals surface area contributed by atoms with Crippen molar-refractivity contribution in [2.45, 2.75) is 6.92 Å². The van der Waals surface area contributed by atoms with Crippen molar-refractivity contribution in [1.29, 1.82) is 0 Å². The zero-order chi connectivity index (χ0) is 13.8. The van der Waals surface area contributed by atoms with Crippen molar-refractivity contribution in [2.75, 3.05) is 37.7 Å². The molecule has 1 heterocycles. The van der Waals surface area contributed by atoms with Gasteiger partial charge in [0.05, 0.1) is 17.2 Å². The average molecular weight is 348 g/mol. The second-order valence-electron chi connectivity index (χ2n) is 4.25. The van der Waals surface area contributed by atoms with Gasteiger partial charge in [-0.1, -0.05) is 11.6 Å². The van der Waals surface area contributed by atoms with Gasteiger partial charge in [0.1, 0.15) is 0 Å². The summed E-state index contributed by atoms with van der Waals surface area (Å²) in [4.78, 5) is 14.1. The van der Waals surface area contributed by atoms with Crippen molar-refractivity contribution in [3.05, 3.63) is 27.2 Å². The van der Waals surface area contributed by atoms with E-state index in [4.69, 9.17) is 16.3 Å². The topological polar surface area (TPSA) is 41.6 Å². The Morgan fingerprint density at radius 1 is 1.47 bits per heavy atom. The van der Waals surface area contributed by atoms with Crippen LogP contribution in [0.3, 0.4) is 0 Å². The highest BCUT2D eigenvalue weighted by molar-refractivity contribution is 9.10. The summed E-state index contributed by atoms with van der Waals surface area (Å²) in [5.41, 5.74) is 1.40. The monoisotopic (exact) mass is 346 g/mol. The maximum atomic E-state index is 11.9. The molecule has 1 N–H and O–H groups in total. The summed E-state index contributed by atoms with van der Waals surface area (Å²) >= 11 is 9.56. The number of halogens is 2. The molecule has 1 aliphatic heterocycles. The van der Waals surface area contributed by atoms with Gasteiger partial charge in [0.15, 0.2) is 0 Å². The van der Waals surface area contributed by atoms with Gasteiger partial charge in [-0.15, -0.1) is 0 Å². The van der Waals surface area contributed by atoms with Crippen LogP contribution in [0, 0.1) is 0 Å². The molecule has 1 aromatic rings. The maximum absolute atomic E-state index is 11.9. The fraction of sp³-hybridized carbons (Fsp3) is 0.462. The number of ether oxygens (including phenoxy) is 1. The van der Waals surface area contributed by atoms with Gasteiger partial charge in [0, 0.05) is 36.3 Å². The summed E-state index contributed by atoms with van der Waals surface area (Å²) in [6.07, 6.45) is 0. The van der Waals surface area contributed by atoms with Crippen LogP contribution < -0.4 is 10.2 Å². The van der Waals surface area contributed by atoms with Crippen molar-refractivity contribution in [2.24, 2.45) is 0 Å². The van der Waals surface area contributed by atoms with Gasteiger partial charge in [0.25, 0.3) is 0 Å².